The van der Waals surface area contributed by atoms with Gasteiger partial charge in [0.05, 0.1) is 0 Å². The van der Waals surface area contributed by atoms with Crippen LogP contribution in [0.1, 0.15) is 30.9 Å². The topological polar surface area (TPSA) is 0 Å². The van der Waals surface area contributed by atoms with Gasteiger partial charge in [0.1, 0.15) is 0 Å². The fourth-order valence-corrected chi connectivity index (χ4v) is 1.30. The van der Waals surface area contributed by atoms with Crippen LogP contribution in [0.15, 0.2) is 24.3 Å². The van der Waals surface area contributed by atoms with Gasteiger partial charge in [-0.3, -0.25) is 0 Å². The molecule has 0 aliphatic rings. The van der Waals surface area contributed by atoms with Gasteiger partial charge in [-0.2, -0.15) is 0 Å². The predicted octanol–water partition coefficient (Wildman–Crippen LogP) is 3.38. The zero-order valence-corrected chi connectivity index (χ0v) is 8.23. The fourth-order valence-electron chi connectivity index (χ4n) is 1.14. The largest absolute Gasteiger partial charge is 0.0881 e. The number of hydrogen-bond donors (Lipinski definition) is 0. The van der Waals surface area contributed by atoms with E-state index in [-0.39, 0.29) is 0 Å². The van der Waals surface area contributed by atoms with Gasteiger partial charge in [-0.25, -0.2) is 0 Å². The van der Waals surface area contributed by atoms with E-state index in [2.05, 4.69) is 31.2 Å². The summed E-state index contributed by atoms with van der Waals surface area (Å²) < 4.78 is 0. The highest BCUT2D eigenvalue weighted by molar-refractivity contribution is 7.79. The van der Waals surface area contributed by atoms with Crippen LogP contribution in [0.5, 0.6) is 0 Å². The minimum absolute atomic E-state index is 1.13. The number of aryl methyl sites for hydroxylation is 1. The predicted molar refractivity (Wildman–Crippen MR) is 57.8 cm³/mol. The fraction of sp³-hybridized carbons (Fsp3) is 0.364. The second-order valence-corrected chi connectivity index (χ2v) is 3.20. The number of unbranched alkanes of at least 4 members (excludes halogenated alkanes) is 1. The van der Waals surface area contributed by atoms with Crippen molar-refractivity contribution in [2.24, 2.45) is 0 Å². The van der Waals surface area contributed by atoms with Crippen LogP contribution in [0.3, 0.4) is 0 Å². The summed E-state index contributed by atoms with van der Waals surface area (Å²) in [6.45, 7) is 2.21. The third-order valence-electron chi connectivity index (χ3n) is 1.93. The Labute approximate surface area is 79.6 Å². The van der Waals surface area contributed by atoms with Crippen LogP contribution in [0.2, 0.25) is 0 Å². The van der Waals surface area contributed by atoms with Crippen LogP contribution < -0.4 is 0 Å². The lowest BCUT2D eigenvalue weighted by atomic mass is 10.1. The molecule has 1 aromatic rings. The van der Waals surface area contributed by atoms with Crippen molar-refractivity contribution in [2.75, 3.05) is 0 Å². The Morgan fingerprint density at radius 3 is 2.42 bits per heavy atom. The molecule has 0 radical (unpaired) electrons. The SMILES string of the molecule is CCCCc1ccc(C=S)cc1. The average molecular weight is 178 g/mol. The number of benzene rings is 1. The molecular weight excluding hydrogens is 164 g/mol. The Morgan fingerprint density at radius 1 is 1.25 bits per heavy atom. The molecule has 0 unspecified atom stereocenters. The first-order chi connectivity index (χ1) is 5.86. The van der Waals surface area contributed by atoms with Gasteiger partial charge in [0.25, 0.3) is 0 Å². The van der Waals surface area contributed by atoms with Crippen LogP contribution >= 0.6 is 12.2 Å². The lowest BCUT2D eigenvalue weighted by molar-refractivity contribution is 0.795. The standard InChI is InChI=1S/C11H14S/c1-2-3-4-10-5-7-11(9-12)8-6-10/h5-9H,2-4H2,1H3. The molecule has 1 rings (SSSR count). The molecule has 0 saturated carbocycles. The smallest absolute Gasteiger partial charge is 0.00861 e. The Kier molecular flexibility index (Phi) is 3.95. The highest BCUT2D eigenvalue weighted by Gasteiger charge is 1.91. The third-order valence-corrected chi connectivity index (χ3v) is 2.21. The van der Waals surface area contributed by atoms with E-state index in [4.69, 9.17) is 12.2 Å². The zero-order valence-electron chi connectivity index (χ0n) is 7.42. The molecular formula is C11H14S. The van der Waals surface area contributed by atoms with E-state index in [9.17, 15) is 0 Å². The quantitative estimate of drug-likeness (QED) is 0.637. The van der Waals surface area contributed by atoms with Crippen LogP contribution in [-0.2, 0) is 6.42 Å². The van der Waals surface area contributed by atoms with Crippen molar-refractivity contribution in [3.05, 3.63) is 35.4 Å². The molecule has 1 aromatic carbocycles. The number of thiocarbonyl (C=S) groups is 1. The van der Waals surface area contributed by atoms with Gasteiger partial charge in [-0.05, 0) is 24.0 Å². The second-order valence-electron chi connectivity index (χ2n) is 2.96. The first kappa shape index (κ1) is 9.40. The van der Waals surface area contributed by atoms with E-state index in [1.807, 2.05) is 0 Å². The van der Waals surface area contributed by atoms with Gasteiger partial charge in [0.15, 0.2) is 0 Å². The van der Waals surface area contributed by atoms with Crippen molar-refractivity contribution in [1.29, 1.82) is 0 Å². The molecule has 64 valence electrons. The number of rotatable bonds is 4. The van der Waals surface area contributed by atoms with Crippen molar-refractivity contribution < 1.29 is 0 Å². The van der Waals surface area contributed by atoms with Crippen LogP contribution in [0.4, 0.5) is 0 Å². The van der Waals surface area contributed by atoms with Crippen molar-refractivity contribution in [1.82, 2.24) is 0 Å². The van der Waals surface area contributed by atoms with E-state index in [1.165, 1.54) is 24.8 Å². The molecule has 0 saturated heterocycles. The molecule has 0 nitrogen and oxygen atoms in total. The monoisotopic (exact) mass is 178 g/mol. The Balaban J connectivity index is 2.58. The maximum atomic E-state index is 4.82. The van der Waals surface area contributed by atoms with E-state index < -0.39 is 0 Å². The summed E-state index contributed by atoms with van der Waals surface area (Å²) in [6, 6.07) is 8.48. The van der Waals surface area contributed by atoms with Crippen molar-refractivity contribution in [3.8, 4) is 0 Å². The first-order valence-electron chi connectivity index (χ1n) is 4.41. The van der Waals surface area contributed by atoms with E-state index >= 15 is 0 Å². The van der Waals surface area contributed by atoms with Crippen LogP contribution in [0, 0.1) is 0 Å². The molecule has 0 aromatic heterocycles. The lowest BCUT2D eigenvalue weighted by Gasteiger charge is -1.99. The van der Waals surface area contributed by atoms with Gasteiger partial charge in [-0.15, -0.1) is 0 Å². The zero-order chi connectivity index (χ0) is 8.81. The highest BCUT2D eigenvalue weighted by Crippen LogP contribution is 2.06. The van der Waals surface area contributed by atoms with Crippen LogP contribution in [0.25, 0.3) is 0 Å². The molecule has 0 bridgehead atoms. The van der Waals surface area contributed by atoms with Gasteiger partial charge < -0.3 is 0 Å². The van der Waals surface area contributed by atoms with Crippen LogP contribution in [-0.4, -0.2) is 5.37 Å². The highest BCUT2D eigenvalue weighted by atomic mass is 32.1. The summed E-state index contributed by atoms with van der Waals surface area (Å²) >= 11 is 4.82. The summed E-state index contributed by atoms with van der Waals surface area (Å²) in [5.41, 5.74) is 2.54. The minimum atomic E-state index is 1.13. The molecule has 0 aliphatic heterocycles. The lowest BCUT2D eigenvalue weighted by Crippen LogP contribution is -1.85. The summed E-state index contributed by atoms with van der Waals surface area (Å²) in [4.78, 5) is 0. The Hall–Kier alpha value is -0.690. The van der Waals surface area contributed by atoms with Crippen molar-refractivity contribution in [3.63, 3.8) is 0 Å². The average Bonchev–Trinajstić information content (AvgIpc) is 2.15. The second kappa shape index (κ2) is 5.04. The van der Waals surface area contributed by atoms with Gasteiger partial charge >= 0.3 is 0 Å². The summed E-state index contributed by atoms with van der Waals surface area (Å²) in [7, 11) is 0. The van der Waals surface area contributed by atoms with Crippen molar-refractivity contribution in [2.45, 2.75) is 26.2 Å². The van der Waals surface area contributed by atoms with Crippen molar-refractivity contribution >= 4 is 17.6 Å². The molecule has 0 amide bonds. The Bertz CT molecular complexity index is 236. The minimum Gasteiger partial charge on any atom is -0.0881 e. The summed E-state index contributed by atoms with van der Waals surface area (Å²) in [5.74, 6) is 0. The molecule has 0 N–H and O–H groups in total. The molecule has 0 fully saturated rings. The molecule has 1 heteroatoms. The summed E-state index contributed by atoms with van der Waals surface area (Å²) in [6.07, 6.45) is 3.72. The maximum absolute atomic E-state index is 4.82. The van der Waals surface area contributed by atoms with Gasteiger partial charge in [0.2, 0.25) is 0 Å². The van der Waals surface area contributed by atoms with E-state index in [1.54, 1.807) is 5.37 Å². The summed E-state index contributed by atoms with van der Waals surface area (Å²) in [5, 5.41) is 1.71. The van der Waals surface area contributed by atoms with Gasteiger partial charge in [0, 0.05) is 5.37 Å². The molecule has 0 spiro atoms. The molecule has 0 heterocycles. The molecule has 0 atom stereocenters. The molecule has 0 aliphatic carbocycles. The number of hydrogen-bond acceptors (Lipinski definition) is 1. The van der Waals surface area contributed by atoms with E-state index in [0.717, 1.165) is 5.56 Å². The maximum Gasteiger partial charge on any atom is 0.00861 e. The normalized spacial score (nSPS) is 9.75. The van der Waals surface area contributed by atoms with E-state index in [0.29, 0.717) is 0 Å². The van der Waals surface area contributed by atoms with Gasteiger partial charge in [-0.1, -0.05) is 49.8 Å². The Morgan fingerprint density at radius 2 is 1.92 bits per heavy atom. The molecule has 12 heavy (non-hydrogen) atoms. The third kappa shape index (κ3) is 2.74. The first-order valence-corrected chi connectivity index (χ1v) is 4.88.